The molecule has 18 rings (SSSR count). The van der Waals surface area contributed by atoms with E-state index in [0.717, 1.165) is 164 Å². The molecule has 0 unspecified atom stereocenters. The highest BCUT2D eigenvalue weighted by molar-refractivity contribution is 6.04. The lowest BCUT2D eigenvalue weighted by atomic mass is 10.1. The standard InChI is InChI=1S/C26H33N7O3.C25H24FN7O2.C22H26N6O2.C19H20N6O2/c1-17-4-5-19(25(34)30-20-6-7-20)14-22(17)31-24-23-18(2)21(15-33(23)29-16-28-24)26(35)27-8-3-9-32-10-12-36-13-11-32;1-14-5-6-16(24(34)31-17-7-8-17)10-20(14)32-23-22-15(2)18(12-33(22)30-13-29-23)25(35)28-11-21-19(26)4-3-9-27-21;1-4-9-23-22(30)17-11-28-19(14(17)3)20(24-12-25-28)27-18-10-15(6-5-13(18)2)21(29)26-16-7-8-16;1-10-3-4-12(19(27)23-13-5-6-13)7-15(10)24-18-16-11(2)14(17(20)26)8-25(16)22-9-21-18/h4-5,14-16,20H,3,6-13H2,1-2H3,(H,27,35)(H,30,34)(H,28,29,31);3-6,9-10,12-13,17H,7-8,11H2,1-2H3,(H,28,35)(H,31,34)(H,29,30,32);5-6,10-12,16H,4,7-9H2,1-3H3,(H,23,30)(H,26,29)(H,24,25,27);3-4,7-9,13H,5-6H2,1-2H3,(H2,20,26)(H,23,27)(H,21,22,24). The molecule has 0 spiro atoms. The molecule has 13 aromatic rings. The quantitative estimate of drug-likeness (QED) is 0.0203. The molecule has 1 aliphatic heterocycles. The van der Waals surface area contributed by atoms with Crippen LogP contribution >= 0.6 is 0 Å². The molecule has 4 aliphatic carbocycles. The van der Waals surface area contributed by atoms with Crippen LogP contribution in [0.15, 0.2) is 141 Å². The normalized spacial score (nSPS) is 14.1. The number of amides is 8. The number of halogens is 1. The third-order valence-corrected chi connectivity index (χ3v) is 22.8. The highest BCUT2D eigenvalue weighted by Crippen LogP contribution is 2.35. The minimum Gasteiger partial charge on any atom is -0.379 e. The van der Waals surface area contributed by atoms with Gasteiger partial charge in [0.1, 0.15) is 53.2 Å². The minimum absolute atomic E-state index is 0.0389. The van der Waals surface area contributed by atoms with Crippen molar-refractivity contribution in [3.05, 3.63) is 242 Å². The summed E-state index contributed by atoms with van der Waals surface area (Å²) in [4.78, 5) is 124. The molecule has 36 heteroatoms. The van der Waals surface area contributed by atoms with Gasteiger partial charge in [-0.05, 0) is 231 Å². The Labute approximate surface area is 736 Å². The van der Waals surface area contributed by atoms with Gasteiger partial charge in [-0.1, -0.05) is 31.2 Å². The van der Waals surface area contributed by atoms with Gasteiger partial charge in [0, 0.05) is 126 Å². The van der Waals surface area contributed by atoms with Crippen molar-refractivity contribution in [2.45, 2.75) is 157 Å². The molecule has 5 aliphatic rings. The topological polar surface area (TPSA) is 441 Å². The van der Waals surface area contributed by atoms with Crippen LogP contribution in [0.1, 0.15) is 204 Å². The van der Waals surface area contributed by atoms with Gasteiger partial charge in [0.15, 0.2) is 23.3 Å². The fourth-order valence-corrected chi connectivity index (χ4v) is 14.6. The summed E-state index contributed by atoms with van der Waals surface area (Å²) in [7, 11) is 0. The third-order valence-electron chi connectivity index (χ3n) is 22.8. The molecular formula is C92H103FN26O9. The molecule has 35 nitrogen and oxygen atoms in total. The van der Waals surface area contributed by atoms with Crippen molar-refractivity contribution in [2.75, 3.05) is 67.2 Å². The second kappa shape index (κ2) is 39.2. The molecule has 4 aromatic carbocycles. The van der Waals surface area contributed by atoms with E-state index in [9.17, 15) is 42.7 Å². The molecule has 4 saturated carbocycles. The van der Waals surface area contributed by atoms with E-state index in [2.05, 4.69) is 109 Å². The molecule has 128 heavy (non-hydrogen) atoms. The van der Waals surface area contributed by atoms with E-state index in [-0.39, 0.29) is 59.6 Å². The molecule has 8 amide bonds. The number of benzene rings is 4. The number of carbonyl (C=O) groups excluding carboxylic acids is 8. The number of pyridine rings is 1. The second-order valence-electron chi connectivity index (χ2n) is 32.7. The summed E-state index contributed by atoms with van der Waals surface area (Å²) in [5, 5.41) is 50.9. The van der Waals surface area contributed by atoms with Crippen molar-refractivity contribution in [2.24, 2.45) is 5.73 Å². The molecular weight excluding hydrogens is 1630 g/mol. The number of aromatic nitrogens is 13. The van der Waals surface area contributed by atoms with Gasteiger partial charge in [0.05, 0.1) is 47.7 Å². The van der Waals surface area contributed by atoms with Crippen molar-refractivity contribution in [1.82, 2.24) is 105 Å². The van der Waals surface area contributed by atoms with Crippen molar-refractivity contribution in [3.8, 4) is 0 Å². The fraction of sp³-hybridized carbons (Fsp3) is 0.337. The summed E-state index contributed by atoms with van der Waals surface area (Å²) in [6.45, 7) is 22.8. The van der Waals surface area contributed by atoms with Crippen LogP contribution < -0.4 is 64.2 Å². The van der Waals surface area contributed by atoms with Crippen LogP contribution in [0.3, 0.4) is 0 Å². The van der Waals surface area contributed by atoms with Gasteiger partial charge in [-0.3, -0.25) is 48.2 Å². The Morgan fingerprint density at radius 3 is 1.05 bits per heavy atom. The molecule has 1 saturated heterocycles. The Hall–Kier alpha value is -14.7. The molecule has 13 N–H and O–H groups in total. The number of aryl methyl sites for hydroxylation is 8. The van der Waals surface area contributed by atoms with E-state index in [1.165, 1.54) is 43.6 Å². The maximum absolute atomic E-state index is 13.9. The number of nitrogens with two attached hydrogens (primary N) is 1. The molecule has 0 atom stereocenters. The molecule has 0 bridgehead atoms. The van der Waals surface area contributed by atoms with E-state index in [1.54, 1.807) is 74.9 Å². The van der Waals surface area contributed by atoms with E-state index < -0.39 is 11.7 Å². The van der Waals surface area contributed by atoms with Gasteiger partial charge < -0.3 is 69.0 Å². The van der Waals surface area contributed by atoms with Crippen LogP contribution in [-0.4, -0.2) is 186 Å². The van der Waals surface area contributed by atoms with Gasteiger partial charge in [-0.25, -0.2) is 42.4 Å². The number of rotatable bonds is 28. The number of nitrogens with zero attached hydrogens (tertiary/aromatic N) is 14. The number of anilines is 8. The Kier molecular flexibility index (Phi) is 27.0. The summed E-state index contributed by atoms with van der Waals surface area (Å²) >= 11 is 0. The molecule has 9 aromatic heterocycles. The first-order valence-corrected chi connectivity index (χ1v) is 42.9. The smallest absolute Gasteiger partial charge is 0.253 e. The SMILES string of the molecule is CCCNC(=O)c1cn2ncnc(Nc3cc(C(=O)NC4CC4)ccc3C)c2c1C.Cc1ccc(C(=O)NC2CC2)cc1Nc1ncnn2cc(C(=O)NCCCN3CCOCC3)c(C)c12.Cc1ccc(C(=O)NC2CC2)cc1Nc1ncnn2cc(C(=O)NCc3ncccc3F)c(C)c12.Cc1ccc(C(=O)NC2CC2)cc1Nc1ncnn2cc(C(N)=O)c(C)c12. The van der Waals surface area contributed by atoms with Crippen molar-refractivity contribution in [1.29, 1.82) is 0 Å². The average Bonchev–Trinajstić information content (AvgIpc) is 1.64. The first-order valence-electron chi connectivity index (χ1n) is 42.9. The molecule has 662 valence electrons. The van der Waals surface area contributed by atoms with Crippen molar-refractivity contribution >= 4 is 115 Å². The van der Waals surface area contributed by atoms with Crippen LogP contribution in [0.2, 0.25) is 0 Å². The summed E-state index contributed by atoms with van der Waals surface area (Å²) in [6, 6.07) is 26.1. The predicted octanol–water partition coefficient (Wildman–Crippen LogP) is 11.1. The minimum atomic E-state index is -0.515. The van der Waals surface area contributed by atoms with Crippen LogP contribution in [-0.2, 0) is 11.3 Å². The molecule has 5 fully saturated rings. The van der Waals surface area contributed by atoms with Crippen LogP contribution in [0, 0.1) is 61.2 Å². The second-order valence-corrected chi connectivity index (χ2v) is 32.7. The largest absolute Gasteiger partial charge is 0.379 e. The summed E-state index contributed by atoms with van der Waals surface area (Å²) in [6.07, 6.45) is 23.8. The first-order chi connectivity index (χ1) is 61.8. The van der Waals surface area contributed by atoms with Gasteiger partial charge in [-0.2, -0.15) is 20.4 Å². The average molecular weight is 1740 g/mol. The van der Waals surface area contributed by atoms with Crippen LogP contribution in [0.5, 0.6) is 0 Å². The van der Waals surface area contributed by atoms with E-state index >= 15 is 0 Å². The summed E-state index contributed by atoms with van der Waals surface area (Å²) < 4.78 is 25.7. The van der Waals surface area contributed by atoms with Gasteiger partial charge in [0.25, 0.3) is 47.3 Å². The number of ether oxygens (including phenoxy) is 1. The van der Waals surface area contributed by atoms with Gasteiger partial charge >= 0.3 is 0 Å². The number of fused-ring (bicyclic) bond motifs is 4. The number of primary amides is 1. The molecule has 10 heterocycles. The van der Waals surface area contributed by atoms with Crippen molar-refractivity contribution < 1.29 is 47.5 Å². The highest BCUT2D eigenvalue weighted by Gasteiger charge is 2.30. The Bertz CT molecular complexity index is 6410. The van der Waals surface area contributed by atoms with Crippen LogP contribution in [0.25, 0.3) is 22.1 Å². The lowest BCUT2D eigenvalue weighted by Gasteiger charge is -2.26. The zero-order chi connectivity index (χ0) is 90.0. The summed E-state index contributed by atoms with van der Waals surface area (Å²) in [5.41, 5.74) is 22.5. The van der Waals surface area contributed by atoms with E-state index in [4.69, 9.17) is 10.5 Å². The van der Waals surface area contributed by atoms with Crippen LogP contribution in [0.4, 0.5) is 50.4 Å². The third kappa shape index (κ3) is 21.3. The fourth-order valence-electron chi connectivity index (χ4n) is 14.6. The number of hydrogen-bond acceptors (Lipinski definition) is 23. The monoisotopic (exact) mass is 1730 g/mol. The predicted molar refractivity (Wildman–Crippen MR) is 481 cm³/mol. The van der Waals surface area contributed by atoms with E-state index in [1.807, 2.05) is 103 Å². The Morgan fingerprint density at radius 2 is 0.734 bits per heavy atom. The number of carbonyl (C=O) groups is 8. The van der Waals surface area contributed by atoms with Gasteiger partial charge in [0.2, 0.25) is 0 Å². The Morgan fingerprint density at radius 1 is 0.414 bits per heavy atom. The summed E-state index contributed by atoms with van der Waals surface area (Å²) in [5.74, 6) is 0.257. The first kappa shape index (κ1) is 88.2. The number of hydrogen-bond donors (Lipinski definition) is 12. The van der Waals surface area contributed by atoms with E-state index in [0.29, 0.717) is 121 Å². The molecule has 0 radical (unpaired) electrons. The highest BCUT2D eigenvalue weighted by atomic mass is 19.1. The Balaban J connectivity index is 0.000000132. The number of morpholine rings is 1. The maximum atomic E-state index is 13.9. The lowest BCUT2D eigenvalue weighted by molar-refractivity contribution is 0.0374. The lowest BCUT2D eigenvalue weighted by Crippen LogP contribution is -2.38. The zero-order valence-electron chi connectivity index (χ0n) is 72.7. The van der Waals surface area contributed by atoms with Gasteiger partial charge in [-0.15, -0.1) is 0 Å². The maximum Gasteiger partial charge on any atom is 0.253 e. The zero-order valence-corrected chi connectivity index (χ0v) is 72.7. The van der Waals surface area contributed by atoms with Crippen molar-refractivity contribution in [3.63, 3.8) is 0 Å². The number of nitrogens with one attached hydrogen (secondary N) is 11.